The Morgan fingerprint density at radius 3 is 2.21 bits per heavy atom. The van der Waals surface area contributed by atoms with Gasteiger partial charge in [0, 0.05) is 12.0 Å². The van der Waals surface area contributed by atoms with Crippen molar-refractivity contribution in [2.75, 3.05) is 25.1 Å². The van der Waals surface area contributed by atoms with Crippen molar-refractivity contribution in [3.05, 3.63) is 0 Å². The van der Waals surface area contributed by atoms with Crippen LogP contribution < -0.4 is 5.32 Å². The largest absolute Gasteiger partial charge is 0.319 e. The number of carbonyl (C=O) groups is 1. The van der Waals surface area contributed by atoms with E-state index in [9.17, 15) is 13.2 Å². The van der Waals surface area contributed by atoms with Gasteiger partial charge >= 0.3 is 0 Å². The van der Waals surface area contributed by atoms with Gasteiger partial charge in [-0.2, -0.15) is 0 Å². The van der Waals surface area contributed by atoms with Crippen molar-refractivity contribution in [2.45, 2.75) is 19.8 Å². The van der Waals surface area contributed by atoms with Gasteiger partial charge < -0.3 is 5.32 Å². The third-order valence-corrected chi connectivity index (χ3v) is 4.70. The lowest BCUT2D eigenvalue weighted by atomic mass is 9.78. The topological polar surface area (TPSA) is 63.2 Å². The minimum atomic E-state index is -2.89. The standard InChI is InChI=1S/C9H17NO3S/c1-8(11)9(7-10-2)3-5-14(12,13)6-4-9/h10H,3-7H2,1-2H3. The zero-order valence-electron chi connectivity index (χ0n) is 8.67. The maximum absolute atomic E-state index is 11.5. The summed E-state index contributed by atoms with van der Waals surface area (Å²) < 4.78 is 22.5. The Kier molecular flexibility index (Phi) is 3.32. The summed E-state index contributed by atoms with van der Waals surface area (Å²) in [5.74, 6) is 0.393. The molecule has 0 aromatic rings. The monoisotopic (exact) mass is 219 g/mol. The Labute approximate surface area is 85.0 Å². The van der Waals surface area contributed by atoms with Crippen LogP contribution in [-0.2, 0) is 14.6 Å². The smallest absolute Gasteiger partial charge is 0.150 e. The van der Waals surface area contributed by atoms with Crippen molar-refractivity contribution in [3.63, 3.8) is 0 Å². The number of Topliss-reactive ketones (excluding diaryl/α,β-unsaturated/α-hetero) is 1. The van der Waals surface area contributed by atoms with Gasteiger partial charge in [0.25, 0.3) is 0 Å². The van der Waals surface area contributed by atoms with Gasteiger partial charge in [-0.05, 0) is 26.8 Å². The van der Waals surface area contributed by atoms with E-state index in [-0.39, 0.29) is 17.3 Å². The van der Waals surface area contributed by atoms with Gasteiger partial charge in [-0.25, -0.2) is 8.42 Å². The number of sulfone groups is 1. The molecule has 0 amide bonds. The summed E-state index contributed by atoms with van der Waals surface area (Å²) in [6.45, 7) is 2.13. The molecule has 14 heavy (non-hydrogen) atoms. The zero-order valence-corrected chi connectivity index (χ0v) is 9.49. The van der Waals surface area contributed by atoms with E-state index in [2.05, 4.69) is 5.32 Å². The fraction of sp³-hybridized carbons (Fsp3) is 0.889. The second kappa shape index (κ2) is 3.98. The molecule has 0 saturated carbocycles. The third kappa shape index (κ3) is 2.33. The first kappa shape index (κ1) is 11.7. The van der Waals surface area contributed by atoms with E-state index in [0.717, 1.165) is 0 Å². The first-order chi connectivity index (χ1) is 6.42. The van der Waals surface area contributed by atoms with Crippen molar-refractivity contribution in [3.8, 4) is 0 Å². The molecule has 5 heteroatoms. The molecular weight excluding hydrogens is 202 g/mol. The fourth-order valence-corrected chi connectivity index (χ4v) is 3.53. The molecule has 0 unspecified atom stereocenters. The van der Waals surface area contributed by atoms with E-state index in [1.54, 1.807) is 14.0 Å². The average Bonchev–Trinajstić information content (AvgIpc) is 2.09. The first-order valence-electron chi connectivity index (χ1n) is 4.78. The normalized spacial score (nSPS) is 24.4. The molecule has 82 valence electrons. The molecule has 1 fully saturated rings. The number of ketones is 1. The number of carbonyl (C=O) groups excluding carboxylic acids is 1. The van der Waals surface area contributed by atoms with Crippen molar-refractivity contribution < 1.29 is 13.2 Å². The number of hydrogen-bond acceptors (Lipinski definition) is 4. The maximum Gasteiger partial charge on any atom is 0.150 e. The quantitative estimate of drug-likeness (QED) is 0.725. The lowest BCUT2D eigenvalue weighted by Gasteiger charge is -2.34. The Balaban J connectivity index is 2.79. The summed E-state index contributed by atoms with van der Waals surface area (Å²) in [6.07, 6.45) is 0.928. The molecule has 0 aliphatic carbocycles. The van der Waals surface area contributed by atoms with Gasteiger partial charge in [0.1, 0.15) is 15.6 Å². The Morgan fingerprint density at radius 2 is 1.86 bits per heavy atom. The molecule has 0 atom stereocenters. The molecule has 0 aromatic carbocycles. The zero-order chi connectivity index (χ0) is 10.8. The predicted molar refractivity (Wildman–Crippen MR) is 54.9 cm³/mol. The van der Waals surface area contributed by atoms with Crippen LogP contribution in [0.15, 0.2) is 0 Å². The van der Waals surface area contributed by atoms with Gasteiger partial charge in [0.15, 0.2) is 0 Å². The SMILES string of the molecule is CNCC1(C(C)=O)CCS(=O)(=O)CC1. The molecule has 0 radical (unpaired) electrons. The summed E-state index contributed by atoms with van der Waals surface area (Å²) in [6, 6.07) is 0. The van der Waals surface area contributed by atoms with Crippen molar-refractivity contribution in [2.24, 2.45) is 5.41 Å². The van der Waals surface area contributed by atoms with Gasteiger partial charge in [-0.1, -0.05) is 0 Å². The van der Waals surface area contributed by atoms with E-state index in [1.165, 1.54) is 0 Å². The number of hydrogen-bond donors (Lipinski definition) is 1. The van der Waals surface area contributed by atoms with Crippen LogP contribution in [0.25, 0.3) is 0 Å². The molecule has 0 aromatic heterocycles. The van der Waals surface area contributed by atoms with Crippen molar-refractivity contribution >= 4 is 15.6 Å². The highest BCUT2D eigenvalue weighted by Crippen LogP contribution is 2.32. The molecule has 0 spiro atoms. The lowest BCUT2D eigenvalue weighted by Crippen LogP contribution is -2.45. The molecule has 1 heterocycles. The molecule has 1 aliphatic rings. The minimum Gasteiger partial charge on any atom is -0.319 e. The Morgan fingerprint density at radius 1 is 1.36 bits per heavy atom. The summed E-state index contributed by atoms with van der Waals surface area (Å²) in [4.78, 5) is 11.5. The Hall–Kier alpha value is -0.420. The molecule has 1 rings (SSSR count). The summed E-state index contributed by atoms with van der Waals surface area (Å²) in [5.41, 5.74) is -0.444. The maximum atomic E-state index is 11.5. The predicted octanol–water partition coefficient (Wildman–Crippen LogP) is -0.0102. The van der Waals surface area contributed by atoms with Gasteiger partial charge in [0.2, 0.25) is 0 Å². The minimum absolute atomic E-state index is 0.0988. The third-order valence-electron chi connectivity index (χ3n) is 3.05. The fourth-order valence-electron chi connectivity index (χ4n) is 1.92. The van der Waals surface area contributed by atoms with E-state index in [0.29, 0.717) is 19.4 Å². The summed E-state index contributed by atoms with van der Waals surface area (Å²) in [7, 11) is -1.10. The van der Waals surface area contributed by atoms with Crippen LogP contribution in [0.1, 0.15) is 19.8 Å². The molecular formula is C9H17NO3S. The molecule has 4 nitrogen and oxygen atoms in total. The van der Waals surface area contributed by atoms with E-state index < -0.39 is 15.3 Å². The number of nitrogens with one attached hydrogen (secondary N) is 1. The van der Waals surface area contributed by atoms with Crippen LogP contribution in [-0.4, -0.2) is 39.3 Å². The molecule has 1 aliphatic heterocycles. The highest BCUT2D eigenvalue weighted by molar-refractivity contribution is 7.91. The second-order valence-electron chi connectivity index (χ2n) is 4.02. The lowest BCUT2D eigenvalue weighted by molar-refractivity contribution is -0.126. The summed E-state index contributed by atoms with van der Waals surface area (Å²) >= 11 is 0. The van der Waals surface area contributed by atoms with Crippen molar-refractivity contribution in [1.82, 2.24) is 5.32 Å². The van der Waals surface area contributed by atoms with Crippen molar-refractivity contribution in [1.29, 1.82) is 0 Å². The van der Waals surface area contributed by atoms with E-state index in [1.807, 2.05) is 0 Å². The molecule has 1 N–H and O–H groups in total. The van der Waals surface area contributed by atoms with Crippen LogP contribution in [0.4, 0.5) is 0 Å². The van der Waals surface area contributed by atoms with Crippen LogP contribution in [0.3, 0.4) is 0 Å². The Bertz CT molecular complexity index is 307. The summed E-state index contributed by atoms with van der Waals surface area (Å²) in [5, 5.41) is 2.97. The van der Waals surface area contributed by atoms with Crippen LogP contribution in [0, 0.1) is 5.41 Å². The van der Waals surface area contributed by atoms with Gasteiger partial charge in [-0.15, -0.1) is 0 Å². The van der Waals surface area contributed by atoms with Gasteiger partial charge in [-0.3, -0.25) is 4.79 Å². The van der Waals surface area contributed by atoms with Gasteiger partial charge in [0.05, 0.1) is 11.5 Å². The average molecular weight is 219 g/mol. The first-order valence-corrected chi connectivity index (χ1v) is 6.60. The van der Waals surface area contributed by atoms with E-state index in [4.69, 9.17) is 0 Å². The second-order valence-corrected chi connectivity index (χ2v) is 6.32. The molecule has 0 bridgehead atoms. The van der Waals surface area contributed by atoms with Crippen LogP contribution in [0.5, 0.6) is 0 Å². The van der Waals surface area contributed by atoms with Crippen LogP contribution in [0.2, 0.25) is 0 Å². The number of rotatable bonds is 3. The highest BCUT2D eigenvalue weighted by Gasteiger charge is 2.40. The molecule has 1 saturated heterocycles. The highest BCUT2D eigenvalue weighted by atomic mass is 32.2. The van der Waals surface area contributed by atoms with E-state index >= 15 is 0 Å². The van der Waals surface area contributed by atoms with Crippen LogP contribution >= 0.6 is 0 Å².